The second-order valence-electron chi connectivity index (χ2n) is 4.33. The Balaban J connectivity index is 3.38. The van der Waals surface area contributed by atoms with Crippen molar-refractivity contribution in [3.05, 3.63) is 34.9 Å². The molecule has 0 aromatic heterocycles. The third kappa shape index (κ3) is 3.74. The summed E-state index contributed by atoms with van der Waals surface area (Å²) in [4.78, 5) is 24.8. The molecule has 0 spiro atoms. The topological polar surface area (TPSA) is 72.8 Å². The second kappa shape index (κ2) is 8.00. The number of hydrogen-bond donors (Lipinski definition) is 1. The number of aliphatic hydroxyl groups excluding tert-OH is 1. The lowest BCUT2D eigenvalue weighted by Gasteiger charge is -2.29. The molecule has 0 fully saturated rings. The van der Waals surface area contributed by atoms with Crippen LogP contribution in [0.2, 0.25) is 5.02 Å². The number of carbonyl (C=O) groups excluding carboxylic acids is 2. The number of hydrogen-bond acceptors (Lipinski definition) is 5. The number of aliphatic hydroxyl groups is 1. The largest absolute Gasteiger partial charge is 0.465 e. The molecule has 0 saturated heterocycles. The minimum absolute atomic E-state index is 0.119. The number of halogens is 1. The molecule has 0 bridgehead atoms. The van der Waals surface area contributed by atoms with Crippen LogP contribution in [0, 0.1) is 0 Å². The van der Waals surface area contributed by atoms with Crippen LogP contribution in [0.5, 0.6) is 0 Å². The Morgan fingerprint density at radius 3 is 1.95 bits per heavy atom. The fourth-order valence-electron chi connectivity index (χ4n) is 2.08. The van der Waals surface area contributed by atoms with Gasteiger partial charge in [0.15, 0.2) is 5.41 Å². The Hall–Kier alpha value is -1.59. The van der Waals surface area contributed by atoms with Crippen LogP contribution in [0.25, 0.3) is 0 Å². The predicted molar refractivity (Wildman–Crippen MR) is 78.1 cm³/mol. The fraction of sp³-hybridized carbons (Fsp3) is 0.467. The molecule has 0 aliphatic heterocycles. The summed E-state index contributed by atoms with van der Waals surface area (Å²) < 4.78 is 10.1. The van der Waals surface area contributed by atoms with Crippen LogP contribution in [0.3, 0.4) is 0 Å². The van der Waals surface area contributed by atoms with Crippen LogP contribution in [0.4, 0.5) is 0 Å². The summed E-state index contributed by atoms with van der Waals surface area (Å²) in [5, 5.41) is 9.79. The zero-order valence-electron chi connectivity index (χ0n) is 12.1. The van der Waals surface area contributed by atoms with Crippen LogP contribution in [0.15, 0.2) is 24.3 Å². The van der Waals surface area contributed by atoms with Crippen molar-refractivity contribution in [2.45, 2.75) is 25.7 Å². The molecule has 6 heteroatoms. The lowest BCUT2D eigenvalue weighted by atomic mass is 9.77. The van der Waals surface area contributed by atoms with Gasteiger partial charge in [-0.1, -0.05) is 23.7 Å². The third-order valence-electron chi connectivity index (χ3n) is 3.07. The van der Waals surface area contributed by atoms with Gasteiger partial charge in [-0.15, -0.1) is 0 Å². The lowest BCUT2D eigenvalue weighted by Crippen LogP contribution is -2.47. The zero-order chi connectivity index (χ0) is 15.9. The van der Waals surface area contributed by atoms with Gasteiger partial charge in [0.05, 0.1) is 13.2 Å². The van der Waals surface area contributed by atoms with Gasteiger partial charge in [0.2, 0.25) is 0 Å². The summed E-state index contributed by atoms with van der Waals surface area (Å²) in [6.07, 6.45) is -0.119. The van der Waals surface area contributed by atoms with E-state index < -0.39 is 17.4 Å². The average molecular weight is 315 g/mol. The van der Waals surface area contributed by atoms with Crippen molar-refractivity contribution in [3.8, 4) is 0 Å². The Bertz CT molecular complexity index is 465. The molecule has 1 aromatic rings. The van der Waals surface area contributed by atoms with Gasteiger partial charge in [-0.2, -0.15) is 0 Å². The highest BCUT2D eigenvalue weighted by molar-refractivity contribution is 6.30. The highest BCUT2D eigenvalue weighted by Gasteiger charge is 2.50. The highest BCUT2D eigenvalue weighted by atomic mass is 35.5. The van der Waals surface area contributed by atoms with Crippen molar-refractivity contribution >= 4 is 23.5 Å². The maximum absolute atomic E-state index is 12.4. The molecule has 1 N–H and O–H groups in total. The standard InChI is InChI=1S/C15H19ClO5/c1-3-20-13(18)15(9-10-17,14(19)21-4-2)11-5-7-12(16)8-6-11/h5-8,17H,3-4,9-10H2,1-2H3. The Morgan fingerprint density at radius 1 is 1.10 bits per heavy atom. The number of benzene rings is 1. The van der Waals surface area contributed by atoms with Crippen molar-refractivity contribution in [1.29, 1.82) is 0 Å². The molecule has 0 amide bonds. The van der Waals surface area contributed by atoms with Gasteiger partial charge in [0, 0.05) is 18.1 Å². The van der Waals surface area contributed by atoms with E-state index in [1.165, 1.54) is 0 Å². The Kier molecular flexibility index (Phi) is 6.65. The molecule has 0 heterocycles. The molecule has 116 valence electrons. The summed E-state index contributed by atoms with van der Waals surface area (Å²) in [6, 6.07) is 6.26. The summed E-state index contributed by atoms with van der Waals surface area (Å²) in [5.41, 5.74) is -1.29. The lowest BCUT2D eigenvalue weighted by molar-refractivity contribution is -0.165. The fourth-order valence-corrected chi connectivity index (χ4v) is 2.20. The molecular formula is C15H19ClO5. The minimum atomic E-state index is -1.68. The first kappa shape index (κ1) is 17.5. The summed E-state index contributed by atoms with van der Waals surface area (Å²) in [7, 11) is 0. The first-order valence-corrected chi connectivity index (χ1v) is 7.12. The molecule has 0 aliphatic rings. The average Bonchev–Trinajstić information content (AvgIpc) is 2.46. The van der Waals surface area contributed by atoms with Gasteiger partial charge < -0.3 is 14.6 Å². The van der Waals surface area contributed by atoms with Gasteiger partial charge in [0.25, 0.3) is 0 Å². The maximum Gasteiger partial charge on any atom is 0.328 e. The molecule has 0 radical (unpaired) electrons. The van der Waals surface area contributed by atoms with E-state index in [1.807, 2.05) is 0 Å². The third-order valence-corrected chi connectivity index (χ3v) is 3.32. The van der Waals surface area contributed by atoms with Gasteiger partial charge in [-0.3, -0.25) is 9.59 Å². The normalized spacial score (nSPS) is 11.0. The van der Waals surface area contributed by atoms with Crippen molar-refractivity contribution < 1.29 is 24.2 Å². The van der Waals surface area contributed by atoms with E-state index in [4.69, 9.17) is 21.1 Å². The highest BCUT2D eigenvalue weighted by Crippen LogP contribution is 2.32. The molecular weight excluding hydrogens is 296 g/mol. The van der Waals surface area contributed by atoms with Gasteiger partial charge in [-0.25, -0.2) is 0 Å². The zero-order valence-corrected chi connectivity index (χ0v) is 12.9. The summed E-state index contributed by atoms with van der Waals surface area (Å²) in [5.74, 6) is -1.47. The number of ether oxygens (including phenoxy) is 2. The van der Waals surface area contributed by atoms with Crippen molar-refractivity contribution in [3.63, 3.8) is 0 Å². The van der Waals surface area contributed by atoms with E-state index in [-0.39, 0.29) is 26.2 Å². The van der Waals surface area contributed by atoms with Crippen LogP contribution in [0.1, 0.15) is 25.8 Å². The monoisotopic (exact) mass is 314 g/mol. The molecule has 21 heavy (non-hydrogen) atoms. The van der Waals surface area contributed by atoms with Crippen molar-refractivity contribution in [2.75, 3.05) is 19.8 Å². The van der Waals surface area contributed by atoms with Crippen molar-refractivity contribution in [2.24, 2.45) is 0 Å². The van der Waals surface area contributed by atoms with Gasteiger partial charge in [0.1, 0.15) is 0 Å². The second-order valence-corrected chi connectivity index (χ2v) is 4.76. The molecule has 0 unspecified atom stereocenters. The Morgan fingerprint density at radius 2 is 1.57 bits per heavy atom. The summed E-state index contributed by atoms with van der Waals surface area (Å²) >= 11 is 5.84. The number of carbonyl (C=O) groups is 2. The molecule has 0 aliphatic carbocycles. The van der Waals surface area contributed by atoms with E-state index in [9.17, 15) is 14.7 Å². The quantitative estimate of drug-likeness (QED) is 0.616. The van der Waals surface area contributed by atoms with Crippen LogP contribution >= 0.6 is 11.6 Å². The van der Waals surface area contributed by atoms with E-state index >= 15 is 0 Å². The molecule has 5 nitrogen and oxygen atoms in total. The number of esters is 2. The summed E-state index contributed by atoms with van der Waals surface area (Å²) in [6.45, 7) is 3.18. The molecule has 0 atom stereocenters. The van der Waals surface area contributed by atoms with Crippen LogP contribution < -0.4 is 0 Å². The first-order chi connectivity index (χ1) is 10.0. The van der Waals surface area contributed by atoms with E-state index in [0.717, 1.165) is 0 Å². The van der Waals surface area contributed by atoms with Gasteiger partial charge in [-0.05, 0) is 31.5 Å². The van der Waals surface area contributed by atoms with E-state index in [2.05, 4.69) is 0 Å². The Labute approximate surface area is 128 Å². The maximum atomic E-state index is 12.4. The molecule has 1 aromatic carbocycles. The molecule has 0 saturated carbocycles. The van der Waals surface area contributed by atoms with Crippen molar-refractivity contribution in [1.82, 2.24) is 0 Å². The first-order valence-electron chi connectivity index (χ1n) is 6.74. The number of rotatable bonds is 7. The predicted octanol–water partition coefficient (Wildman–Crippen LogP) is 2.09. The SMILES string of the molecule is CCOC(=O)C(CCO)(C(=O)OCC)c1ccc(Cl)cc1. The molecule has 1 rings (SSSR count). The minimum Gasteiger partial charge on any atom is -0.465 e. The van der Waals surface area contributed by atoms with Gasteiger partial charge >= 0.3 is 11.9 Å². The van der Waals surface area contributed by atoms with Crippen LogP contribution in [-0.2, 0) is 24.5 Å². The van der Waals surface area contributed by atoms with E-state index in [0.29, 0.717) is 10.6 Å². The van der Waals surface area contributed by atoms with Crippen LogP contribution in [-0.4, -0.2) is 36.9 Å². The van der Waals surface area contributed by atoms with E-state index in [1.54, 1.807) is 38.1 Å². The smallest absolute Gasteiger partial charge is 0.328 e.